The van der Waals surface area contributed by atoms with Gasteiger partial charge in [0.15, 0.2) is 0 Å². The van der Waals surface area contributed by atoms with Crippen LogP contribution in [0, 0.1) is 0 Å². The van der Waals surface area contributed by atoms with Crippen LogP contribution in [0.15, 0.2) is 0 Å². The van der Waals surface area contributed by atoms with Gasteiger partial charge in [-0.3, -0.25) is 4.79 Å². The molecule has 0 aliphatic rings. The Balaban J connectivity index is 3.13. The lowest BCUT2D eigenvalue weighted by atomic mass is 10.0. The number of esters is 1. The Morgan fingerprint density at radius 2 is 0.512 bits per heavy atom. The van der Waals surface area contributed by atoms with E-state index >= 15 is 0 Å². The van der Waals surface area contributed by atoms with E-state index in [2.05, 4.69) is 13.8 Å². The van der Waals surface area contributed by atoms with Crippen molar-refractivity contribution >= 4 is 5.97 Å². The molecule has 0 rings (SSSR count). The second-order valence-corrected chi connectivity index (χ2v) is 14.0. The smallest absolute Gasteiger partial charge is 0.305 e. The molecule has 0 saturated carbocycles. The molecule has 0 aromatic heterocycles. The summed E-state index contributed by atoms with van der Waals surface area (Å²) in [6.07, 6.45) is 50.5. The van der Waals surface area contributed by atoms with Gasteiger partial charge in [-0.15, -0.1) is 0 Å². The largest absolute Gasteiger partial charge is 0.466 e. The molecule has 43 heavy (non-hydrogen) atoms. The standard InChI is InChI=1S/C41H82O2/c1-3-5-7-9-11-13-15-17-19-20-21-22-23-24-25-26-27-29-31-33-35-37-39-41(42)43-40-38-36-34-32-30-28-18-16-14-12-10-8-6-4-2/h3-40H2,1-2H3. The Bertz CT molecular complexity index is 502. The molecule has 0 atom stereocenters. The van der Waals surface area contributed by atoms with E-state index in [1.54, 1.807) is 0 Å². The van der Waals surface area contributed by atoms with E-state index in [9.17, 15) is 4.79 Å². The molecule has 0 amide bonds. The van der Waals surface area contributed by atoms with E-state index in [4.69, 9.17) is 4.74 Å². The number of hydrogen-bond donors (Lipinski definition) is 0. The van der Waals surface area contributed by atoms with Crippen molar-refractivity contribution in [2.24, 2.45) is 0 Å². The van der Waals surface area contributed by atoms with Gasteiger partial charge < -0.3 is 4.74 Å². The zero-order chi connectivity index (χ0) is 31.2. The fraction of sp³-hybridized carbons (Fsp3) is 0.976. The van der Waals surface area contributed by atoms with E-state index in [0.29, 0.717) is 13.0 Å². The molecule has 0 aliphatic heterocycles. The van der Waals surface area contributed by atoms with Crippen LogP contribution in [0.4, 0.5) is 0 Å². The van der Waals surface area contributed by atoms with Crippen molar-refractivity contribution in [2.75, 3.05) is 6.61 Å². The van der Waals surface area contributed by atoms with E-state index in [1.165, 1.54) is 218 Å². The second kappa shape index (κ2) is 39.5. The van der Waals surface area contributed by atoms with Gasteiger partial charge in [-0.1, -0.05) is 232 Å². The third-order valence-corrected chi connectivity index (χ3v) is 9.50. The van der Waals surface area contributed by atoms with Crippen LogP contribution < -0.4 is 0 Å². The Morgan fingerprint density at radius 3 is 0.767 bits per heavy atom. The quantitative estimate of drug-likeness (QED) is 0.0516. The first-order chi connectivity index (χ1) is 21.3. The first-order valence-electron chi connectivity index (χ1n) is 20.5. The summed E-state index contributed by atoms with van der Waals surface area (Å²) >= 11 is 0. The lowest BCUT2D eigenvalue weighted by Gasteiger charge is -2.06. The minimum absolute atomic E-state index is 0.0304. The molecule has 0 unspecified atom stereocenters. The molecule has 0 aromatic carbocycles. The lowest BCUT2D eigenvalue weighted by molar-refractivity contribution is -0.143. The molecule has 0 aliphatic carbocycles. The molecule has 0 aromatic rings. The van der Waals surface area contributed by atoms with Gasteiger partial charge in [0.1, 0.15) is 0 Å². The predicted molar refractivity (Wildman–Crippen MR) is 193 cm³/mol. The molecule has 0 radical (unpaired) electrons. The molecule has 0 spiro atoms. The van der Waals surface area contributed by atoms with Gasteiger partial charge in [0, 0.05) is 6.42 Å². The summed E-state index contributed by atoms with van der Waals surface area (Å²) in [4.78, 5) is 12.0. The third kappa shape index (κ3) is 39.4. The zero-order valence-electron chi connectivity index (χ0n) is 30.2. The normalized spacial score (nSPS) is 11.4. The minimum Gasteiger partial charge on any atom is -0.466 e. The highest BCUT2D eigenvalue weighted by Crippen LogP contribution is 2.16. The summed E-state index contributed by atoms with van der Waals surface area (Å²) in [6.45, 7) is 5.22. The van der Waals surface area contributed by atoms with Crippen LogP contribution in [0.1, 0.15) is 251 Å². The number of unbranched alkanes of at least 4 members (excludes halogenated alkanes) is 34. The number of hydrogen-bond acceptors (Lipinski definition) is 2. The summed E-state index contributed by atoms with van der Waals surface area (Å²) in [5.41, 5.74) is 0. The zero-order valence-corrected chi connectivity index (χ0v) is 30.2. The number of ether oxygens (including phenoxy) is 1. The number of carbonyl (C=O) groups excluding carboxylic acids is 1. The molecule has 0 fully saturated rings. The average molecular weight is 607 g/mol. The summed E-state index contributed by atoms with van der Waals surface area (Å²) in [5.74, 6) is 0.0304. The van der Waals surface area contributed by atoms with Crippen LogP contribution in [0.5, 0.6) is 0 Å². The van der Waals surface area contributed by atoms with Crippen LogP contribution in [0.2, 0.25) is 0 Å². The fourth-order valence-electron chi connectivity index (χ4n) is 6.43. The van der Waals surface area contributed by atoms with Crippen molar-refractivity contribution in [1.82, 2.24) is 0 Å². The summed E-state index contributed by atoms with van der Waals surface area (Å²) < 4.78 is 5.46. The molecule has 2 nitrogen and oxygen atoms in total. The molecule has 0 saturated heterocycles. The SMILES string of the molecule is CCCCCCCCCCCCCCCCCCCCCCCCC(=O)OCCCCCCCCCCCCCCCC. The average Bonchev–Trinajstić information content (AvgIpc) is 3.01. The van der Waals surface area contributed by atoms with Gasteiger partial charge >= 0.3 is 5.97 Å². The minimum atomic E-state index is 0.0304. The van der Waals surface area contributed by atoms with E-state index in [0.717, 1.165) is 12.8 Å². The lowest BCUT2D eigenvalue weighted by Crippen LogP contribution is -2.05. The topological polar surface area (TPSA) is 26.3 Å². The van der Waals surface area contributed by atoms with Crippen LogP contribution >= 0.6 is 0 Å². The van der Waals surface area contributed by atoms with Gasteiger partial charge in [0.05, 0.1) is 6.61 Å². The molecule has 0 N–H and O–H groups in total. The highest BCUT2D eigenvalue weighted by Gasteiger charge is 2.03. The van der Waals surface area contributed by atoms with Crippen LogP contribution in [0.25, 0.3) is 0 Å². The maximum atomic E-state index is 12.0. The van der Waals surface area contributed by atoms with Crippen molar-refractivity contribution in [3.05, 3.63) is 0 Å². The maximum Gasteiger partial charge on any atom is 0.305 e. The Kier molecular flexibility index (Phi) is 39.0. The van der Waals surface area contributed by atoms with Crippen molar-refractivity contribution in [1.29, 1.82) is 0 Å². The molecular formula is C41H82O2. The summed E-state index contributed by atoms with van der Waals surface area (Å²) in [7, 11) is 0. The van der Waals surface area contributed by atoms with E-state index in [-0.39, 0.29) is 5.97 Å². The monoisotopic (exact) mass is 607 g/mol. The van der Waals surface area contributed by atoms with Crippen molar-refractivity contribution in [2.45, 2.75) is 251 Å². The van der Waals surface area contributed by atoms with Crippen LogP contribution in [0.3, 0.4) is 0 Å². The molecule has 2 heteroatoms. The van der Waals surface area contributed by atoms with Crippen LogP contribution in [-0.4, -0.2) is 12.6 Å². The van der Waals surface area contributed by atoms with Gasteiger partial charge in [-0.05, 0) is 12.8 Å². The van der Waals surface area contributed by atoms with Gasteiger partial charge in [0.2, 0.25) is 0 Å². The number of carbonyl (C=O) groups is 1. The van der Waals surface area contributed by atoms with Gasteiger partial charge in [-0.25, -0.2) is 0 Å². The Labute approximate surface area is 273 Å². The van der Waals surface area contributed by atoms with Crippen molar-refractivity contribution < 1.29 is 9.53 Å². The summed E-state index contributed by atoms with van der Waals surface area (Å²) in [5, 5.41) is 0. The van der Waals surface area contributed by atoms with Crippen molar-refractivity contribution in [3.8, 4) is 0 Å². The van der Waals surface area contributed by atoms with Crippen LogP contribution in [-0.2, 0) is 9.53 Å². The van der Waals surface area contributed by atoms with Gasteiger partial charge in [-0.2, -0.15) is 0 Å². The fourth-order valence-corrected chi connectivity index (χ4v) is 6.43. The first kappa shape index (κ1) is 42.5. The van der Waals surface area contributed by atoms with E-state index < -0.39 is 0 Å². The first-order valence-corrected chi connectivity index (χ1v) is 20.5. The molecule has 0 bridgehead atoms. The maximum absolute atomic E-state index is 12.0. The van der Waals surface area contributed by atoms with Crippen molar-refractivity contribution in [3.63, 3.8) is 0 Å². The second-order valence-electron chi connectivity index (χ2n) is 14.0. The molecule has 258 valence electrons. The highest BCUT2D eigenvalue weighted by molar-refractivity contribution is 5.69. The highest BCUT2D eigenvalue weighted by atomic mass is 16.5. The van der Waals surface area contributed by atoms with Gasteiger partial charge in [0.25, 0.3) is 0 Å². The van der Waals surface area contributed by atoms with E-state index in [1.807, 2.05) is 0 Å². The molecular weight excluding hydrogens is 524 g/mol. The number of rotatable bonds is 38. The molecule has 0 heterocycles. The predicted octanol–water partition coefficient (Wildman–Crippen LogP) is 15.0. The Morgan fingerprint density at radius 1 is 0.302 bits per heavy atom. The third-order valence-electron chi connectivity index (χ3n) is 9.50. The summed E-state index contributed by atoms with van der Waals surface area (Å²) in [6, 6.07) is 0. The Hall–Kier alpha value is -0.530.